The Morgan fingerprint density at radius 3 is 2.55 bits per heavy atom. The van der Waals surface area contributed by atoms with Gasteiger partial charge in [0.2, 0.25) is 0 Å². The molecule has 2 aliphatic heterocycles. The van der Waals surface area contributed by atoms with Crippen molar-refractivity contribution < 1.29 is 39.4 Å². The highest BCUT2D eigenvalue weighted by Gasteiger charge is 2.70. The molecule has 7 aliphatic rings. The maximum absolute atomic E-state index is 13.9. The summed E-state index contributed by atoms with van der Waals surface area (Å²) in [6.45, 7) is 9.45. The number of piperidine rings is 1. The largest absolute Gasteiger partial charge is 0.387 e. The molecular weight excluding hydrogens is 598 g/mol. The third-order valence-electron chi connectivity index (χ3n) is 15.4. The van der Waals surface area contributed by atoms with Crippen LogP contribution in [0.2, 0.25) is 0 Å². The van der Waals surface area contributed by atoms with Crippen molar-refractivity contribution >= 4 is 5.78 Å². The molecule has 2 heterocycles. The number of rotatable bonds is 8. The predicted molar refractivity (Wildman–Crippen MR) is 176 cm³/mol. The molecule has 5 N–H and O–H groups in total. The molecular formula is C38H61NO8. The summed E-state index contributed by atoms with van der Waals surface area (Å²) in [7, 11) is 1.69. The quantitative estimate of drug-likeness (QED) is 0.245. The Bertz CT molecular complexity index is 1230. The maximum Gasteiger partial charge on any atom is 0.159 e. The number of allylic oxidation sites excluding steroid dienone is 1. The maximum atomic E-state index is 13.9. The van der Waals surface area contributed by atoms with Crippen LogP contribution in [0.15, 0.2) is 11.6 Å². The van der Waals surface area contributed by atoms with Gasteiger partial charge >= 0.3 is 0 Å². The lowest BCUT2D eigenvalue weighted by molar-refractivity contribution is -0.202. The van der Waals surface area contributed by atoms with Gasteiger partial charge in [0.1, 0.15) is 18.4 Å². The normalized spacial score (nSPS) is 49.1. The highest BCUT2D eigenvalue weighted by Crippen LogP contribution is 2.69. The third kappa shape index (κ3) is 5.18. The van der Waals surface area contributed by atoms with Crippen molar-refractivity contribution in [3.8, 4) is 0 Å². The second kappa shape index (κ2) is 12.1. The highest BCUT2D eigenvalue weighted by molar-refractivity contribution is 5.95. The van der Waals surface area contributed by atoms with E-state index in [1.807, 2.05) is 0 Å². The minimum absolute atomic E-state index is 0.0332. The van der Waals surface area contributed by atoms with Crippen LogP contribution in [0.1, 0.15) is 111 Å². The number of hydrogen-bond donors (Lipinski definition) is 5. The number of aliphatic hydroxyl groups is 4. The van der Waals surface area contributed by atoms with Crippen molar-refractivity contribution in [2.24, 2.45) is 40.4 Å². The first-order valence-corrected chi connectivity index (χ1v) is 18.8. The molecule has 14 atom stereocenters. The van der Waals surface area contributed by atoms with Crippen molar-refractivity contribution in [3.63, 3.8) is 0 Å². The molecule has 0 aromatic rings. The van der Waals surface area contributed by atoms with E-state index in [4.69, 9.17) is 14.2 Å². The number of methoxy groups -OCH3 is 1. The number of ketones is 1. The van der Waals surface area contributed by atoms with Gasteiger partial charge in [0.25, 0.3) is 0 Å². The lowest BCUT2D eigenvalue weighted by atomic mass is 9.46. The Kier molecular flexibility index (Phi) is 8.90. The van der Waals surface area contributed by atoms with Crippen LogP contribution >= 0.6 is 0 Å². The Labute approximate surface area is 281 Å². The lowest BCUT2D eigenvalue weighted by Gasteiger charge is -2.60. The fourth-order valence-corrected chi connectivity index (χ4v) is 12.6. The van der Waals surface area contributed by atoms with Crippen molar-refractivity contribution in [3.05, 3.63) is 11.6 Å². The molecule has 0 amide bonds. The summed E-state index contributed by atoms with van der Waals surface area (Å²) in [5, 5.41) is 51.7. The van der Waals surface area contributed by atoms with Crippen LogP contribution in [-0.2, 0) is 19.0 Å². The molecule has 9 heteroatoms. The van der Waals surface area contributed by atoms with E-state index in [2.05, 4.69) is 26.1 Å². The first kappa shape index (κ1) is 34.5. The Morgan fingerprint density at radius 2 is 1.83 bits per heavy atom. The molecule has 5 aliphatic carbocycles. The number of hydrogen-bond acceptors (Lipinski definition) is 9. The van der Waals surface area contributed by atoms with Gasteiger partial charge in [0, 0.05) is 37.2 Å². The fourth-order valence-electron chi connectivity index (χ4n) is 12.6. The summed E-state index contributed by atoms with van der Waals surface area (Å²) >= 11 is 0. The van der Waals surface area contributed by atoms with E-state index in [9.17, 15) is 25.2 Å². The summed E-state index contributed by atoms with van der Waals surface area (Å²) in [5.41, 5.74) is -2.92. The number of ether oxygens (including phenoxy) is 3. The number of fused-ring (bicyclic) bond motifs is 6. The molecule has 7 rings (SSSR count). The van der Waals surface area contributed by atoms with Crippen molar-refractivity contribution in [1.82, 2.24) is 5.32 Å². The van der Waals surface area contributed by atoms with Crippen LogP contribution in [-0.4, -0.2) is 93.9 Å². The van der Waals surface area contributed by atoms with Gasteiger partial charge < -0.3 is 34.6 Å². The van der Waals surface area contributed by atoms with Crippen LogP contribution in [0, 0.1) is 40.4 Å². The minimum atomic E-state index is -1.54. The van der Waals surface area contributed by atoms with E-state index in [0.717, 1.165) is 63.4 Å². The fraction of sp³-hybridized carbons (Fsp3) is 0.921. The van der Waals surface area contributed by atoms with Crippen molar-refractivity contribution in [2.45, 2.75) is 159 Å². The summed E-state index contributed by atoms with van der Waals surface area (Å²) in [4.78, 5) is 13.9. The van der Waals surface area contributed by atoms with E-state index in [1.165, 1.54) is 0 Å². The lowest BCUT2D eigenvalue weighted by Crippen LogP contribution is -2.63. The van der Waals surface area contributed by atoms with Crippen LogP contribution < -0.4 is 5.32 Å². The van der Waals surface area contributed by atoms with Crippen molar-refractivity contribution in [1.29, 1.82) is 0 Å². The van der Waals surface area contributed by atoms with E-state index in [0.29, 0.717) is 38.9 Å². The second-order valence-corrected chi connectivity index (χ2v) is 17.7. The molecule has 6 fully saturated rings. The molecule has 266 valence electrons. The Morgan fingerprint density at radius 1 is 1.09 bits per heavy atom. The van der Waals surface area contributed by atoms with Gasteiger partial charge in [-0.1, -0.05) is 33.6 Å². The number of carbonyl (C=O) groups excluding carboxylic acids is 1. The first-order chi connectivity index (χ1) is 22.2. The van der Waals surface area contributed by atoms with Gasteiger partial charge in [-0.3, -0.25) is 10.1 Å². The molecule has 14 unspecified atom stereocenters. The predicted octanol–water partition coefficient (Wildman–Crippen LogP) is 4.04. The van der Waals surface area contributed by atoms with Gasteiger partial charge in [-0.15, -0.1) is 0 Å². The summed E-state index contributed by atoms with van der Waals surface area (Å²) in [6, 6.07) is 0. The molecule has 4 saturated carbocycles. The van der Waals surface area contributed by atoms with E-state index < -0.39 is 47.1 Å². The molecule has 9 nitrogen and oxygen atoms in total. The Balaban J connectivity index is 1.10. The first-order valence-electron chi connectivity index (χ1n) is 18.8. The topological polar surface area (TPSA) is 138 Å². The summed E-state index contributed by atoms with van der Waals surface area (Å²) in [6.07, 6.45) is 10.0. The zero-order valence-electron chi connectivity index (χ0n) is 29.4. The summed E-state index contributed by atoms with van der Waals surface area (Å²) in [5.74, 6) is -0.246. The standard InChI is InChI=1S/C38H61NO8/c1-22-24-21-37(12-6-7-13-37)39-33(42)31(24)47-30(22)32(41)36(4,43)29-11-16-38(44)26-20-28(40)27-19-23(46-18-8-17-45-5)9-14-34(27,2)25(26)10-15-35(29,38)3/h20,22-25,27,29-33,39,41-44H,6-19,21H2,1-5H3. The average Bonchev–Trinajstić information content (AvgIpc) is 3.70. The number of aliphatic hydroxyl groups excluding tert-OH is 2. The van der Waals surface area contributed by atoms with Gasteiger partial charge in [-0.05, 0) is 118 Å². The number of nitrogens with one attached hydrogen (secondary N) is 1. The molecule has 2 saturated heterocycles. The third-order valence-corrected chi connectivity index (χ3v) is 15.4. The smallest absolute Gasteiger partial charge is 0.159 e. The van der Waals surface area contributed by atoms with Gasteiger partial charge in [-0.25, -0.2) is 0 Å². The van der Waals surface area contributed by atoms with E-state index in [-0.39, 0.29) is 46.5 Å². The van der Waals surface area contributed by atoms with Crippen molar-refractivity contribution in [2.75, 3.05) is 20.3 Å². The van der Waals surface area contributed by atoms with Gasteiger partial charge in [0.05, 0.1) is 23.4 Å². The molecule has 0 aromatic heterocycles. The molecule has 1 spiro atoms. The Hall–Kier alpha value is -0.910. The minimum Gasteiger partial charge on any atom is -0.387 e. The van der Waals surface area contributed by atoms with Gasteiger partial charge in [-0.2, -0.15) is 0 Å². The number of carbonyl (C=O) groups is 1. The van der Waals surface area contributed by atoms with Crippen LogP contribution in [0.25, 0.3) is 0 Å². The zero-order valence-corrected chi connectivity index (χ0v) is 29.4. The van der Waals surface area contributed by atoms with E-state index >= 15 is 0 Å². The average molecular weight is 660 g/mol. The SMILES string of the molecule is COCCCOC1CCC2(C)C(C1)C(=O)C=C1C2CCC2(C)C(C(C)(O)C(O)C3OC4C(O)NC5(CCCC5)CC4C3C)CCC12O. The van der Waals surface area contributed by atoms with Crippen LogP contribution in [0.5, 0.6) is 0 Å². The summed E-state index contributed by atoms with van der Waals surface area (Å²) < 4.78 is 17.8. The molecule has 0 radical (unpaired) electrons. The van der Waals surface area contributed by atoms with E-state index in [1.54, 1.807) is 20.1 Å². The molecule has 0 aromatic carbocycles. The van der Waals surface area contributed by atoms with Gasteiger partial charge in [0.15, 0.2) is 5.78 Å². The highest BCUT2D eigenvalue weighted by atomic mass is 16.5. The molecule has 0 bridgehead atoms. The monoisotopic (exact) mass is 659 g/mol. The van der Waals surface area contributed by atoms with Crippen LogP contribution in [0.3, 0.4) is 0 Å². The van der Waals surface area contributed by atoms with Crippen LogP contribution in [0.4, 0.5) is 0 Å². The molecule has 47 heavy (non-hydrogen) atoms. The second-order valence-electron chi connectivity index (χ2n) is 17.7. The zero-order chi connectivity index (χ0) is 33.6.